The van der Waals surface area contributed by atoms with Gasteiger partial charge in [-0.25, -0.2) is 14.4 Å². The molecule has 0 atom stereocenters. The fraction of sp³-hybridized carbons (Fsp3) is 0. The number of carboxylic acid groups (broad SMARTS) is 3. The van der Waals surface area contributed by atoms with Crippen LogP contribution < -0.4 is 0 Å². The normalized spacial score (nSPS) is 10.0. The van der Waals surface area contributed by atoms with Crippen molar-refractivity contribution in [3.63, 3.8) is 0 Å². The molecule has 3 aromatic rings. The average Bonchev–Trinajstić information content (AvgIpc) is 2.67. The van der Waals surface area contributed by atoms with Crippen LogP contribution in [0.4, 0.5) is 0 Å². The fourth-order valence-corrected chi connectivity index (χ4v) is 2.75. The van der Waals surface area contributed by atoms with E-state index in [-0.39, 0.29) is 44.0 Å². The van der Waals surface area contributed by atoms with Crippen LogP contribution in [0.15, 0.2) is 66.7 Å². The molecule has 3 aromatic carbocycles. The molecule has 136 valence electrons. The Morgan fingerprint density at radius 2 is 0.857 bits per heavy atom. The third-order valence-electron chi connectivity index (χ3n) is 4.15. The molecule has 0 bridgehead atoms. The van der Waals surface area contributed by atoms with Crippen LogP contribution in [0.3, 0.4) is 0 Å². The second-order valence-electron chi connectivity index (χ2n) is 5.83. The van der Waals surface area contributed by atoms with Crippen molar-refractivity contribution in [2.45, 2.75) is 0 Å². The maximum atomic E-state index is 11.4. The number of carboxylic acids is 3. The van der Waals surface area contributed by atoms with E-state index >= 15 is 0 Å². The van der Waals surface area contributed by atoms with Gasteiger partial charge < -0.3 is 15.3 Å². The SMILES string of the molecule is O=C(O)c1ccc(-c2ccc(C(=O)O)cc2-c2ccc(C(=O)O)cc2)cc1.[Cd]. The molecular formula is C21H14CdO6. The molecule has 7 heteroatoms. The van der Waals surface area contributed by atoms with E-state index in [1.807, 2.05) is 0 Å². The Labute approximate surface area is 180 Å². The van der Waals surface area contributed by atoms with Gasteiger partial charge in [-0.05, 0) is 58.7 Å². The van der Waals surface area contributed by atoms with E-state index in [0.29, 0.717) is 22.3 Å². The Morgan fingerprint density at radius 1 is 0.500 bits per heavy atom. The standard InChI is InChI=1S/C21H14O6.Cd/c22-19(23)14-5-1-12(2-6-14)17-10-9-16(21(26)27)11-18(17)13-3-7-15(8-4-13)20(24)25;/h1-11H,(H,22,23)(H,24,25)(H,26,27);. The van der Waals surface area contributed by atoms with E-state index in [1.165, 1.54) is 36.4 Å². The third-order valence-corrected chi connectivity index (χ3v) is 4.15. The van der Waals surface area contributed by atoms with Crippen LogP contribution in [0.1, 0.15) is 31.1 Å². The van der Waals surface area contributed by atoms with Gasteiger partial charge in [0.15, 0.2) is 0 Å². The van der Waals surface area contributed by atoms with Gasteiger partial charge in [-0.15, -0.1) is 0 Å². The van der Waals surface area contributed by atoms with E-state index in [2.05, 4.69) is 0 Å². The predicted molar refractivity (Wildman–Crippen MR) is 98.2 cm³/mol. The molecule has 3 rings (SSSR count). The molecule has 0 aromatic heterocycles. The van der Waals surface area contributed by atoms with Crippen LogP contribution in [0.5, 0.6) is 0 Å². The van der Waals surface area contributed by atoms with Crippen LogP contribution in [-0.4, -0.2) is 33.2 Å². The van der Waals surface area contributed by atoms with Gasteiger partial charge in [0.1, 0.15) is 0 Å². The molecule has 0 heterocycles. The molecule has 0 aliphatic carbocycles. The Morgan fingerprint density at radius 3 is 1.25 bits per heavy atom. The summed E-state index contributed by atoms with van der Waals surface area (Å²) < 4.78 is 0. The van der Waals surface area contributed by atoms with Crippen molar-refractivity contribution in [2.24, 2.45) is 0 Å². The van der Waals surface area contributed by atoms with Crippen LogP contribution in [0.2, 0.25) is 0 Å². The predicted octanol–water partition coefficient (Wildman–Crippen LogP) is 4.11. The second-order valence-corrected chi connectivity index (χ2v) is 5.83. The first-order chi connectivity index (χ1) is 12.9. The first kappa shape index (κ1) is 21.3. The number of carbonyl (C=O) groups is 3. The second kappa shape index (κ2) is 8.79. The number of benzene rings is 3. The summed E-state index contributed by atoms with van der Waals surface area (Å²) in [6.45, 7) is 0. The monoisotopic (exact) mass is 476 g/mol. The zero-order valence-corrected chi connectivity index (χ0v) is 18.7. The molecule has 0 radical (unpaired) electrons. The molecule has 0 fully saturated rings. The van der Waals surface area contributed by atoms with E-state index in [1.54, 1.807) is 30.3 Å². The van der Waals surface area contributed by atoms with Gasteiger partial charge in [-0.1, -0.05) is 30.3 Å². The van der Waals surface area contributed by atoms with Crippen LogP contribution in [0.25, 0.3) is 22.3 Å². The minimum Gasteiger partial charge on any atom is -0.478 e. The maximum absolute atomic E-state index is 11.4. The zero-order chi connectivity index (χ0) is 19.6. The average molecular weight is 475 g/mol. The van der Waals surface area contributed by atoms with Gasteiger partial charge in [-0.2, -0.15) is 0 Å². The minimum atomic E-state index is -1.08. The van der Waals surface area contributed by atoms with Gasteiger partial charge in [-0.3, -0.25) is 0 Å². The summed E-state index contributed by atoms with van der Waals surface area (Å²) in [6.07, 6.45) is 0. The molecule has 0 spiro atoms. The first-order valence-electron chi connectivity index (χ1n) is 7.91. The van der Waals surface area contributed by atoms with Gasteiger partial charge in [0.05, 0.1) is 16.7 Å². The molecule has 0 amide bonds. The summed E-state index contributed by atoms with van der Waals surface area (Å²) in [7, 11) is 0. The third kappa shape index (κ3) is 4.45. The molecule has 0 aliphatic rings. The summed E-state index contributed by atoms with van der Waals surface area (Å²) in [5, 5.41) is 27.4. The Kier molecular flexibility index (Phi) is 6.68. The van der Waals surface area contributed by atoms with E-state index in [0.717, 1.165) is 0 Å². The molecular weight excluding hydrogens is 461 g/mol. The van der Waals surface area contributed by atoms with Crippen LogP contribution in [0, 0.1) is 0 Å². The molecule has 0 saturated heterocycles. The summed E-state index contributed by atoms with van der Waals surface area (Å²) in [6, 6.07) is 17.0. The van der Waals surface area contributed by atoms with Gasteiger partial charge >= 0.3 is 17.9 Å². The van der Waals surface area contributed by atoms with Crippen molar-refractivity contribution in [3.8, 4) is 22.3 Å². The topological polar surface area (TPSA) is 112 Å². The van der Waals surface area contributed by atoms with E-state index < -0.39 is 17.9 Å². The Hall–Kier alpha value is -3.01. The summed E-state index contributed by atoms with van der Waals surface area (Å²) in [5.41, 5.74) is 3.05. The molecule has 0 saturated carbocycles. The fourth-order valence-electron chi connectivity index (χ4n) is 2.75. The van der Waals surface area contributed by atoms with Gasteiger partial charge in [0, 0.05) is 27.3 Å². The number of hydrogen-bond acceptors (Lipinski definition) is 3. The summed E-state index contributed by atoms with van der Waals surface area (Å²) in [4.78, 5) is 33.4. The van der Waals surface area contributed by atoms with Gasteiger partial charge in [0.25, 0.3) is 0 Å². The number of rotatable bonds is 5. The van der Waals surface area contributed by atoms with Crippen molar-refractivity contribution in [1.82, 2.24) is 0 Å². The minimum absolute atomic E-state index is 0. The number of aromatic carboxylic acids is 3. The quantitative estimate of drug-likeness (QED) is 0.480. The molecule has 0 unspecified atom stereocenters. The van der Waals surface area contributed by atoms with Crippen molar-refractivity contribution < 1.29 is 57.0 Å². The zero-order valence-electron chi connectivity index (χ0n) is 14.6. The molecule has 0 aliphatic heterocycles. The van der Waals surface area contributed by atoms with E-state index in [4.69, 9.17) is 10.2 Å². The first-order valence-corrected chi connectivity index (χ1v) is 7.91. The maximum Gasteiger partial charge on any atom is 0.335 e. The molecule has 28 heavy (non-hydrogen) atoms. The van der Waals surface area contributed by atoms with Crippen LogP contribution in [-0.2, 0) is 27.3 Å². The number of hydrogen-bond donors (Lipinski definition) is 3. The van der Waals surface area contributed by atoms with Crippen molar-refractivity contribution in [1.29, 1.82) is 0 Å². The Balaban J connectivity index is 0.00000280. The van der Waals surface area contributed by atoms with Crippen molar-refractivity contribution in [2.75, 3.05) is 0 Å². The molecule has 3 N–H and O–H groups in total. The Bertz CT molecular complexity index is 1040. The molecule has 6 nitrogen and oxygen atoms in total. The summed E-state index contributed by atoms with van der Waals surface area (Å²) in [5.74, 6) is -3.16. The van der Waals surface area contributed by atoms with Crippen molar-refractivity contribution >= 4 is 17.9 Å². The smallest absolute Gasteiger partial charge is 0.335 e. The van der Waals surface area contributed by atoms with Crippen LogP contribution >= 0.6 is 0 Å². The van der Waals surface area contributed by atoms with Gasteiger partial charge in [0.2, 0.25) is 0 Å². The summed E-state index contributed by atoms with van der Waals surface area (Å²) >= 11 is 0. The largest absolute Gasteiger partial charge is 0.478 e. The van der Waals surface area contributed by atoms with E-state index in [9.17, 15) is 19.5 Å². The van der Waals surface area contributed by atoms with Crippen molar-refractivity contribution in [3.05, 3.63) is 83.4 Å².